The molecule has 1 fully saturated rings. The Morgan fingerprint density at radius 3 is 2.61 bits per heavy atom. The van der Waals surface area contributed by atoms with Crippen LogP contribution in [0.3, 0.4) is 0 Å². The summed E-state index contributed by atoms with van der Waals surface area (Å²) >= 11 is 0. The van der Waals surface area contributed by atoms with Crippen molar-refractivity contribution < 1.29 is 0 Å². The maximum Gasteiger partial charge on any atom is 0.0351 e. The molecule has 0 saturated carbocycles. The first-order valence-electron chi connectivity index (χ1n) is 7.23. The van der Waals surface area contributed by atoms with Crippen LogP contribution in [-0.4, -0.2) is 24.5 Å². The molecule has 1 aromatic carbocycles. The second kappa shape index (κ2) is 6.35. The van der Waals surface area contributed by atoms with Gasteiger partial charge in [0, 0.05) is 6.04 Å². The van der Waals surface area contributed by atoms with E-state index in [0.29, 0.717) is 6.04 Å². The van der Waals surface area contributed by atoms with Crippen LogP contribution < -0.4 is 5.73 Å². The Bertz CT molecular complexity index is 381. The van der Waals surface area contributed by atoms with E-state index in [2.05, 4.69) is 36.9 Å². The molecule has 0 amide bonds. The molecular weight excluding hydrogens is 220 g/mol. The SMILES string of the molecule is Cc1ccc(C)c(C(CCCN)N2CCCC2)c1. The number of nitrogens with two attached hydrogens (primary N) is 1. The van der Waals surface area contributed by atoms with Crippen molar-refractivity contribution in [2.75, 3.05) is 19.6 Å². The molecule has 1 saturated heterocycles. The smallest absolute Gasteiger partial charge is 0.0351 e. The van der Waals surface area contributed by atoms with E-state index < -0.39 is 0 Å². The fraction of sp³-hybridized carbons (Fsp3) is 0.625. The first-order valence-corrected chi connectivity index (χ1v) is 7.23. The summed E-state index contributed by atoms with van der Waals surface area (Å²) in [6.45, 7) is 7.73. The number of hydrogen-bond acceptors (Lipinski definition) is 2. The van der Waals surface area contributed by atoms with Crippen LogP contribution in [0.1, 0.15) is 48.4 Å². The molecule has 1 unspecified atom stereocenters. The monoisotopic (exact) mass is 246 g/mol. The van der Waals surface area contributed by atoms with E-state index in [-0.39, 0.29) is 0 Å². The third-order valence-electron chi connectivity index (χ3n) is 4.06. The highest BCUT2D eigenvalue weighted by molar-refractivity contribution is 5.33. The average Bonchev–Trinajstić information content (AvgIpc) is 2.88. The van der Waals surface area contributed by atoms with Gasteiger partial charge in [-0.2, -0.15) is 0 Å². The number of hydrogen-bond donors (Lipinski definition) is 1. The largest absolute Gasteiger partial charge is 0.330 e. The van der Waals surface area contributed by atoms with Gasteiger partial charge in [0.15, 0.2) is 0 Å². The van der Waals surface area contributed by atoms with E-state index in [0.717, 1.165) is 13.0 Å². The van der Waals surface area contributed by atoms with Gasteiger partial charge in [-0.3, -0.25) is 4.90 Å². The molecule has 1 aliphatic rings. The summed E-state index contributed by atoms with van der Waals surface area (Å²) in [4.78, 5) is 2.65. The molecule has 100 valence electrons. The third-order valence-corrected chi connectivity index (χ3v) is 4.06. The molecular formula is C16H26N2. The Kier molecular flexibility index (Phi) is 4.79. The number of likely N-dealkylation sites (tertiary alicyclic amines) is 1. The van der Waals surface area contributed by atoms with Gasteiger partial charge in [-0.15, -0.1) is 0 Å². The van der Waals surface area contributed by atoms with E-state index in [4.69, 9.17) is 5.73 Å². The molecule has 1 aliphatic heterocycles. The molecule has 0 radical (unpaired) electrons. The first-order chi connectivity index (χ1) is 8.72. The number of rotatable bonds is 5. The molecule has 2 nitrogen and oxygen atoms in total. The molecule has 2 heteroatoms. The van der Waals surface area contributed by atoms with E-state index in [1.807, 2.05) is 0 Å². The van der Waals surface area contributed by atoms with Crippen LogP contribution in [0.25, 0.3) is 0 Å². The lowest BCUT2D eigenvalue weighted by atomic mass is 9.94. The molecule has 0 bridgehead atoms. The highest BCUT2D eigenvalue weighted by Crippen LogP contribution is 2.31. The Hall–Kier alpha value is -0.860. The predicted molar refractivity (Wildman–Crippen MR) is 77.8 cm³/mol. The lowest BCUT2D eigenvalue weighted by Crippen LogP contribution is -2.27. The number of benzene rings is 1. The van der Waals surface area contributed by atoms with Crippen LogP contribution in [0.4, 0.5) is 0 Å². The Labute approximate surface area is 111 Å². The molecule has 0 aromatic heterocycles. The Balaban J connectivity index is 2.23. The maximum atomic E-state index is 5.70. The van der Waals surface area contributed by atoms with E-state index >= 15 is 0 Å². The minimum absolute atomic E-state index is 0.580. The third kappa shape index (κ3) is 3.12. The van der Waals surface area contributed by atoms with E-state index in [1.54, 1.807) is 0 Å². The molecule has 2 rings (SSSR count). The molecule has 2 N–H and O–H groups in total. The van der Waals surface area contributed by atoms with Crippen molar-refractivity contribution in [3.05, 3.63) is 34.9 Å². The van der Waals surface area contributed by atoms with Crippen LogP contribution in [0.15, 0.2) is 18.2 Å². The minimum atomic E-state index is 0.580. The van der Waals surface area contributed by atoms with Crippen molar-refractivity contribution >= 4 is 0 Å². The second-order valence-electron chi connectivity index (χ2n) is 5.55. The summed E-state index contributed by atoms with van der Waals surface area (Å²) in [5, 5.41) is 0. The van der Waals surface area contributed by atoms with Gasteiger partial charge in [0.1, 0.15) is 0 Å². The molecule has 1 heterocycles. The normalized spacial score (nSPS) is 18.2. The molecule has 0 spiro atoms. The summed E-state index contributed by atoms with van der Waals surface area (Å²) in [6.07, 6.45) is 5.02. The van der Waals surface area contributed by atoms with Crippen molar-refractivity contribution in [2.24, 2.45) is 5.73 Å². The zero-order valence-corrected chi connectivity index (χ0v) is 11.8. The standard InChI is InChI=1S/C16H26N2/c1-13-7-8-14(2)15(12-13)16(6-5-9-17)18-10-3-4-11-18/h7-8,12,16H,3-6,9-11,17H2,1-2H3. The molecule has 18 heavy (non-hydrogen) atoms. The summed E-state index contributed by atoms with van der Waals surface area (Å²) < 4.78 is 0. The fourth-order valence-corrected chi connectivity index (χ4v) is 3.02. The van der Waals surface area contributed by atoms with Gasteiger partial charge in [-0.25, -0.2) is 0 Å². The zero-order valence-electron chi connectivity index (χ0n) is 11.8. The average molecular weight is 246 g/mol. The van der Waals surface area contributed by atoms with Gasteiger partial charge < -0.3 is 5.73 Å². The Morgan fingerprint density at radius 2 is 1.94 bits per heavy atom. The Morgan fingerprint density at radius 1 is 1.22 bits per heavy atom. The quantitative estimate of drug-likeness (QED) is 0.864. The van der Waals surface area contributed by atoms with Crippen molar-refractivity contribution in [1.29, 1.82) is 0 Å². The molecule has 1 atom stereocenters. The van der Waals surface area contributed by atoms with Crippen molar-refractivity contribution in [3.8, 4) is 0 Å². The summed E-state index contributed by atoms with van der Waals surface area (Å²) in [5.41, 5.74) is 10.0. The van der Waals surface area contributed by atoms with Crippen molar-refractivity contribution in [1.82, 2.24) is 4.90 Å². The van der Waals surface area contributed by atoms with E-state index in [1.165, 1.54) is 49.0 Å². The fourth-order valence-electron chi connectivity index (χ4n) is 3.02. The lowest BCUT2D eigenvalue weighted by Gasteiger charge is -2.29. The summed E-state index contributed by atoms with van der Waals surface area (Å²) in [7, 11) is 0. The van der Waals surface area contributed by atoms with Gasteiger partial charge >= 0.3 is 0 Å². The van der Waals surface area contributed by atoms with Crippen LogP contribution in [0.2, 0.25) is 0 Å². The van der Waals surface area contributed by atoms with Crippen molar-refractivity contribution in [2.45, 2.75) is 45.6 Å². The molecule has 0 aliphatic carbocycles. The topological polar surface area (TPSA) is 29.3 Å². The summed E-state index contributed by atoms with van der Waals surface area (Å²) in [5.74, 6) is 0. The first kappa shape index (κ1) is 13.6. The van der Waals surface area contributed by atoms with Crippen LogP contribution in [0, 0.1) is 13.8 Å². The number of nitrogens with zero attached hydrogens (tertiary/aromatic N) is 1. The van der Waals surface area contributed by atoms with Gasteiger partial charge in [-0.1, -0.05) is 23.8 Å². The van der Waals surface area contributed by atoms with Gasteiger partial charge in [0.05, 0.1) is 0 Å². The highest BCUT2D eigenvalue weighted by Gasteiger charge is 2.24. The van der Waals surface area contributed by atoms with Crippen LogP contribution in [-0.2, 0) is 0 Å². The van der Waals surface area contributed by atoms with Crippen LogP contribution >= 0.6 is 0 Å². The van der Waals surface area contributed by atoms with Crippen molar-refractivity contribution in [3.63, 3.8) is 0 Å². The highest BCUT2D eigenvalue weighted by atomic mass is 15.2. The van der Waals surface area contributed by atoms with E-state index in [9.17, 15) is 0 Å². The number of aryl methyl sites for hydroxylation is 2. The van der Waals surface area contributed by atoms with Gasteiger partial charge in [-0.05, 0) is 70.3 Å². The predicted octanol–water partition coefficient (Wildman–Crippen LogP) is 3.18. The second-order valence-corrected chi connectivity index (χ2v) is 5.55. The van der Waals surface area contributed by atoms with Gasteiger partial charge in [0.25, 0.3) is 0 Å². The lowest BCUT2D eigenvalue weighted by molar-refractivity contribution is 0.230. The summed E-state index contributed by atoms with van der Waals surface area (Å²) in [6, 6.07) is 7.42. The maximum absolute atomic E-state index is 5.70. The van der Waals surface area contributed by atoms with Crippen LogP contribution in [0.5, 0.6) is 0 Å². The molecule has 1 aromatic rings. The van der Waals surface area contributed by atoms with Gasteiger partial charge in [0.2, 0.25) is 0 Å². The zero-order chi connectivity index (χ0) is 13.0. The minimum Gasteiger partial charge on any atom is -0.330 e.